The minimum Gasteiger partial charge on any atom is -0.325 e. The van der Waals surface area contributed by atoms with Crippen LogP contribution in [0.25, 0.3) is 0 Å². The molecule has 0 aliphatic heterocycles. The number of carbonyl (C=O) groups excluding carboxylic acids is 1. The standard InChI is InChI=1S/C14H18N2O2S/c1-2-3-4-8-19(18)11-14(17)16-13-7-5-6-12(9-13)10-15/h5-7,9H,2-4,8,11H2,1H3,(H,16,17). The van der Waals surface area contributed by atoms with Crippen molar-refractivity contribution in [2.24, 2.45) is 0 Å². The fourth-order valence-electron chi connectivity index (χ4n) is 1.60. The molecule has 0 saturated carbocycles. The zero-order valence-corrected chi connectivity index (χ0v) is 11.8. The summed E-state index contributed by atoms with van der Waals surface area (Å²) in [7, 11) is -1.11. The molecule has 1 amide bonds. The molecule has 0 aliphatic rings. The predicted molar refractivity (Wildman–Crippen MR) is 77.2 cm³/mol. The molecule has 1 rings (SSSR count). The summed E-state index contributed by atoms with van der Waals surface area (Å²) in [4.78, 5) is 11.7. The number of nitrogens with zero attached hydrogens (tertiary/aromatic N) is 1. The van der Waals surface area contributed by atoms with Crippen molar-refractivity contribution in [1.82, 2.24) is 0 Å². The van der Waals surface area contributed by atoms with Crippen molar-refractivity contribution in [3.63, 3.8) is 0 Å². The minimum atomic E-state index is -1.11. The first-order valence-corrected chi connectivity index (χ1v) is 7.79. The van der Waals surface area contributed by atoms with E-state index in [0.29, 0.717) is 17.0 Å². The summed E-state index contributed by atoms with van der Waals surface area (Å²) in [6.45, 7) is 2.08. The van der Waals surface area contributed by atoms with Gasteiger partial charge in [-0.1, -0.05) is 25.8 Å². The van der Waals surface area contributed by atoms with Gasteiger partial charge in [0.15, 0.2) is 0 Å². The van der Waals surface area contributed by atoms with Gasteiger partial charge >= 0.3 is 0 Å². The molecule has 1 unspecified atom stereocenters. The highest BCUT2D eigenvalue weighted by molar-refractivity contribution is 7.85. The summed E-state index contributed by atoms with van der Waals surface area (Å²) in [6, 6.07) is 8.67. The zero-order chi connectivity index (χ0) is 14.1. The molecule has 4 nitrogen and oxygen atoms in total. The second-order valence-corrected chi connectivity index (χ2v) is 5.81. The van der Waals surface area contributed by atoms with E-state index >= 15 is 0 Å². The summed E-state index contributed by atoms with van der Waals surface area (Å²) < 4.78 is 11.6. The number of carbonyl (C=O) groups is 1. The molecule has 0 radical (unpaired) electrons. The van der Waals surface area contributed by atoms with Crippen LogP contribution in [0, 0.1) is 11.3 Å². The van der Waals surface area contributed by atoms with Gasteiger partial charge in [0.2, 0.25) is 5.91 Å². The Kier molecular flexibility index (Phi) is 6.83. The molecule has 0 aliphatic carbocycles. The zero-order valence-electron chi connectivity index (χ0n) is 11.0. The summed E-state index contributed by atoms with van der Waals surface area (Å²) in [5.74, 6) is 0.310. The lowest BCUT2D eigenvalue weighted by molar-refractivity contribution is -0.113. The summed E-state index contributed by atoms with van der Waals surface area (Å²) in [5, 5.41) is 11.4. The van der Waals surface area contributed by atoms with Gasteiger partial charge < -0.3 is 5.32 Å². The smallest absolute Gasteiger partial charge is 0.236 e. The maximum atomic E-state index is 11.7. The SMILES string of the molecule is CCCCCS(=O)CC(=O)Nc1cccc(C#N)c1. The molecule has 0 aromatic heterocycles. The third-order valence-electron chi connectivity index (χ3n) is 2.54. The van der Waals surface area contributed by atoms with E-state index in [4.69, 9.17) is 5.26 Å². The number of amides is 1. The first-order chi connectivity index (χ1) is 9.15. The predicted octanol–water partition coefficient (Wildman–Crippen LogP) is 2.44. The minimum absolute atomic E-state index is 0.0144. The Balaban J connectivity index is 2.42. The summed E-state index contributed by atoms with van der Waals surface area (Å²) in [6.07, 6.45) is 3.00. The first kappa shape index (κ1) is 15.4. The second-order valence-electron chi connectivity index (χ2n) is 4.24. The highest BCUT2D eigenvalue weighted by Crippen LogP contribution is 2.09. The maximum Gasteiger partial charge on any atom is 0.236 e. The van der Waals surface area contributed by atoms with E-state index in [2.05, 4.69) is 12.2 Å². The molecular formula is C14H18N2O2S. The van der Waals surface area contributed by atoms with E-state index in [-0.39, 0.29) is 11.7 Å². The molecule has 0 fully saturated rings. The van der Waals surface area contributed by atoms with Gasteiger partial charge in [0.1, 0.15) is 5.75 Å². The largest absolute Gasteiger partial charge is 0.325 e. The maximum absolute atomic E-state index is 11.7. The Morgan fingerprint density at radius 2 is 2.21 bits per heavy atom. The molecule has 1 aromatic rings. The third kappa shape index (κ3) is 6.16. The van der Waals surface area contributed by atoms with Gasteiger partial charge in [0.25, 0.3) is 0 Å². The third-order valence-corrected chi connectivity index (χ3v) is 3.87. The number of rotatable bonds is 7. The van der Waals surface area contributed by atoms with Crippen LogP contribution in [0.3, 0.4) is 0 Å². The van der Waals surface area contributed by atoms with Crippen molar-refractivity contribution < 1.29 is 9.00 Å². The van der Waals surface area contributed by atoms with Crippen LogP contribution in [-0.4, -0.2) is 21.6 Å². The van der Waals surface area contributed by atoms with Crippen molar-refractivity contribution in [2.75, 3.05) is 16.8 Å². The monoisotopic (exact) mass is 278 g/mol. The van der Waals surface area contributed by atoms with Crippen LogP contribution < -0.4 is 5.32 Å². The van der Waals surface area contributed by atoms with Gasteiger partial charge in [0, 0.05) is 22.2 Å². The van der Waals surface area contributed by atoms with Gasteiger partial charge in [0.05, 0.1) is 11.6 Å². The molecule has 102 valence electrons. The van der Waals surface area contributed by atoms with Crippen LogP contribution in [0.5, 0.6) is 0 Å². The quantitative estimate of drug-likeness (QED) is 0.779. The van der Waals surface area contributed by atoms with E-state index in [1.54, 1.807) is 24.3 Å². The molecule has 1 N–H and O–H groups in total. The normalized spacial score (nSPS) is 11.6. The number of hydrogen-bond donors (Lipinski definition) is 1. The Bertz CT molecular complexity index is 494. The fourth-order valence-corrected chi connectivity index (χ4v) is 2.63. The number of hydrogen-bond acceptors (Lipinski definition) is 3. The molecule has 0 saturated heterocycles. The van der Waals surface area contributed by atoms with Crippen molar-refractivity contribution in [2.45, 2.75) is 26.2 Å². The highest BCUT2D eigenvalue weighted by atomic mass is 32.2. The van der Waals surface area contributed by atoms with Crippen molar-refractivity contribution in [3.8, 4) is 6.07 Å². The molecule has 0 heterocycles. The van der Waals surface area contributed by atoms with Crippen LogP contribution in [0.4, 0.5) is 5.69 Å². The molecule has 5 heteroatoms. The molecule has 0 spiro atoms. The Labute approximate surface area is 116 Å². The number of nitrogens with one attached hydrogen (secondary N) is 1. The number of anilines is 1. The van der Waals surface area contributed by atoms with E-state index in [9.17, 15) is 9.00 Å². The van der Waals surface area contributed by atoms with Gasteiger partial charge in [-0.15, -0.1) is 0 Å². The van der Waals surface area contributed by atoms with Crippen molar-refractivity contribution in [1.29, 1.82) is 5.26 Å². The van der Waals surface area contributed by atoms with Crippen LogP contribution in [0.15, 0.2) is 24.3 Å². The van der Waals surface area contributed by atoms with Crippen molar-refractivity contribution in [3.05, 3.63) is 29.8 Å². The van der Waals surface area contributed by atoms with Crippen LogP contribution in [0.2, 0.25) is 0 Å². The van der Waals surface area contributed by atoms with Crippen molar-refractivity contribution >= 4 is 22.4 Å². The average molecular weight is 278 g/mol. The van der Waals surface area contributed by atoms with Gasteiger partial charge in [-0.3, -0.25) is 9.00 Å². The Hall–Kier alpha value is -1.67. The van der Waals surface area contributed by atoms with E-state index < -0.39 is 10.8 Å². The van der Waals surface area contributed by atoms with Gasteiger partial charge in [-0.2, -0.15) is 5.26 Å². The lowest BCUT2D eigenvalue weighted by atomic mass is 10.2. The van der Waals surface area contributed by atoms with Gasteiger partial charge in [-0.05, 0) is 24.6 Å². The molecule has 0 bridgehead atoms. The van der Waals surface area contributed by atoms with E-state index in [1.165, 1.54) is 0 Å². The lowest BCUT2D eigenvalue weighted by Gasteiger charge is -2.05. The summed E-state index contributed by atoms with van der Waals surface area (Å²) in [5.41, 5.74) is 1.05. The van der Waals surface area contributed by atoms with E-state index in [0.717, 1.165) is 19.3 Å². The first-order valence-electron chi connectivity index (χ1n) is 6.30. The fraction of sp³-hybridized carbons (Fsp3) is 0.429. The summed E-state index contributed by atoms with van der Waals surface area (Å²) >= 11 is 0. The lowest BCUT2D eigenvalue weighted by Crippen LogP contribution is -2.20. The highest BCUT2D eigenvalue weighted by Gasteiger charge is 2.08. The van der Waals surface area contributed by atoms with Crippen LogP contribution in [-0.2, 0) is 15.6 Å². The average Bonchev–Trinajstić information content (AvgIpc) is 2.39. The Morgan fingerprint density at radius 3 is 2.89 bits per heavy atom. The molecule has 19 heavy (non-hydrogen) atoms. The van der Waals surface area contributed by atoms with E-state index in [1.807, 2.05) is 6.07 Å². The topological polar surface area (TPSA) is 70.0 Å². The molecule has 1 aromatic carbocycles. The molecule has 1 atom stereocenters. The van der Waals surface area contributed by atoms with Crippen LogP contribution in [0.1, 0.15) is 31.7 Å². The second kappa shape index (κ2) is 8.44. The van der Waals surface area contributed by atoms with Gasteiger partial charge in [-0.25, -0.2) is 0 Å². The number of benzene rings is 1. The van der Waals surface area contributed by atoms with Crippen LogP contribution >= 0.6 is 0 Å². The number of unbranched alkanes of at least 4 members (excludes halogenated alkanes) is 2. The molecular weight excluding hydrogens is 260 g/mol. The Morgan fingerprint density at radius 1 is 1.42 bits per heavy atom. The number of nitriles is 1.